The maximum absolute atomic E-state index is 14.6. The van der Waals surface area contributed by atoms with Gasteiger partial charge in [-0.1, -0.05) is 62.4 Å². The molecule has 0 unspecified atom stereocenters. The van der Waals surface area contributed by atoms with Crippen LogP contribution in [0.3, 0.4) is 0 Å². The summed E-state index contributed by atoms with van der Waals surface area (Å²) in [5.41, 5.74) is 0.351. The monoisotopic (exact) mass is 555 g/mol. The fourth-order valence-electron chi connectivity index (χ4n) is 3.91. The van der Waals surface area contributed by atoms with Gasteiger partial charge in [0.1, 0.15) is 24.2 Å². The van der Waals surface area contributed by atoms with Gasteiger partial charge < -0.3 is 15.0 Å². The largest absolute Gasteiger partial charge is 0.495 e. The Morgan fingerprint density at radius 3 is 2.18 bits per heavy atom. The first kappa shape index (κ1) is 29.6. The molecule has 0 heterocycles. The van der Waals surface area contributed by atoms with Crippen LogP contribution in [0.25, 0.3) is 0 Å². The third kappa shape index (κ3) is 7.35. The molecule has 1 atom stereocenters. The number of rotatable bonds is 12. The smallest absolute Gasteiger partial charge is 0.264 e. The van der Waals surface area contributed by atoms with Gasteiger partial charge in [-0.05, 0) is 43.2 Å². The topological polar surface area (TPSA) is 96.0 Å². The molecule has 0 saturated carbocycles. The van der Waals surface area contributed by atoms with E-state index in [9.17, 15) is 22.4 Å². The minimum atomic E-state index is -4.23. The highest BCUT2D eigenvalue weighted by Gasteiger charge is 2.34. The van der Waals surface area contributed by atoms with Gasteiger partial charge in [-0.15, -0.1) is 0 Å². The van der Waals surface area contributed by atoms with Crippen molar-refractivity contribution in [2.45, 2.75) is 38.3 Å². The molecule has 2 amide bonds. The van der Waals surface area contributed by atoms with E-state index in [0.717, 1.165) is 4.31 Å². The summed E-state index contributed by atoms with van der Waals surface area (Å²) in [6.45, 7) is 4.93. The molecule has 0 radical (unpaired) electrons. The van der Waals surface area contributed by atoms with Gasteiger partial charge in [0.2, 0.25) is 11.8 Å². The molecule has 0 bridgehead atoms. The second-order valence-electron chi connectivity index (χ2n) is 9.42. The zero-order valence-corrected chi connectivity index (χ0v) is 23.3. The van der Waals surface area contributed by atoms with Crippen LogP contribution in [0, 0.1) is 11.7 Å². The van der Waals surface area contributed by atoms with E-state index in [2.05, 4.69) is 5.32 Å². The first-order chi connectivity index (χ1) is 18.6. The molecule has 0 aliphatic rings. The van der Waals surface area contributed by atoms with Gasteiger partial charge in [0.15, 0.2) is 0 Å². The Labute approximate surface area is 229 Å². The molecule has 3 aromatic rings. The van der Waals surface area contributed by atoms with Gasteiger partial charge in [-0.3, -0.25) is 13.9 Å². The second kappa shape index (κ2) is 13.2. The maximum Gasteiger partial charge on any atom is 0.264 e. The van der Waals surface area contributed by atoms with Crippen LogP contribution in [0.2, 0.25) is 0 Å². The average Bonchev–Trinajstić information content (AvgIpc) is 2.94. The van der Waals surface area contributed by atoms with Crippen LogP contribution in [0.15, 0.2) is 83.8 Å². The maximum atomic E-state index is 14.6. The molecule has 8 nitrogen and oxygen atoms in total. The number of para-hydroxylation sites is 2. The summed E-state index contributed by atoms with van der Waals surface area (Å²) in [4.78, 5) is 28.0. The van der Waals surface area contributed by atoms with Crippen molar-refractivity contribution in [1.29, 1.82) is 0 Å². The van der Waals surface area contributed by atoms with Gasteiger partial charge in [0, 0.05) is 18.7 Å². The Balaban J connectivity index is 2.05. The summed E-state index contributed by atoms with van der Waals surface area (Å²) in [7, 11) is -2.83. The predicted octanol–water partition coefficient (Wildman–Crippen LogP) is 4.22. The van der Waals surface area contributed by atoms with Crippen molar-refractivity contribution in [1.82, 2.24) is 10.2 Å². The van der Waals surface area contributed by atoms with Gasteiger partial charge in [0.05, 0.1) is 17.7 Å². The number of carbonyl (C=O) groups is 2. The molecule has 0 fully saturated rings. The fraction of sp³-hybridized carbons (Fsp3) is 0.310. The number of halogens is 1. The highest BCUT2D eigenvalue weighted by atomic mass is 32.2. The Hall–Kier alpha value is -3.92. The SMILES string of the molecule is COc1ccccc1N(CC(=O)N(Cc1ccccc1F)[C@@H](C)C(=O)NCC(C)C)S(=O)(=O)c1ccccc1. The van der Waals surface area contributed by atoms with E-state index in [-0.39, 0.29) is 34.4 Å². The lowest BCUT2D eigenvalue weighted by atomic mass is 10.1. The summed E-state index contributed by atoms with van der Waals surface area (Å²) in [6.07, 6.45) is 0. The van der Waals surface area contributed by atoms with E-state index in [1.807, 2.05) is 13.8 Å². The van der Waals surface area contributed by atoms with E-state index >= 15 is 0 Å². The average molecular weight is 556 g/mol. The van der Waals surface area contributed by atoms with Crippen LogP contribution in [0.4, 0.5) is 10.1 Å². The van der Waals surface area contributed by atoms with E-state index in [1.165, 1.54) is 55.3 Å². The Kier molecular flexibility index (Phi) is 10.1. The molecule has 10 heteroatoms. The summed E-state index contributed by atoms with van der Waals surface area (Å²) in [6, 6.07) is 19.1. The lowest BCUT2D eigenvalue weighted by Gasteiger charge is -2.32. The number of nitrogens with one attached hydrogen (secondary N) is 1. The molecule has 208 valence electrons. The molecule has 0 spiro atoms. The van der Waals surface area contributed by atoms with Gasteiger partial charge >= 0.3 is 0 Å². The molecular weight excluding hydrogens is 521 g/mol. The highest BCUT2D eigenvalue weighted by molar-refractivity contribution is 7.92. The number of ether oxygens (including phenoxy) is 1. The summed E-state index contributed by atoms with van der Waals surface area (Å²) in [5.74, 6) is -1.23. The number of hydrogen-bond donors (Lipinski definition) is 1. The molecule has 0 aliphatic heterocycles. The minimum absolute atomic E-state index is 0.0212. The highest BCUT2D eigenvalue weighted by Crippen LogP contribution is 2.32. The standard InChI is InChI=1S/C29H34FN3O5S/c1-21(2)18-31-29(35)22(3)32(19-23-12-8-9-15-25(23)30)28(34)20-33(26-16-10-11-17-27(26)38-4)39(36,37)24-13-6-5-7-14-24/h5-17,21-22H,18-20H2,1-4H3,(H,31,35)/t22-/m0/s1. The van der Waals surface area contributed by atoms with Crippen molar-refractivity contribution < 1.29 is 27.1 Å². The molecule has 3 rings (SSSR count). The first-order valence-corrected chi connectivity index (χ1v) is 14.0. The third-order valence-corrected chi connectivity index (χ3v) is 7.89. The van der Waals surface area contributed by atoms with Crippen LogP contribution >= 0.6 is 0 Å². The van der Waals surface area contributed by atoms with Crippen molar-refractivity contribution in [3.63, 3.8) is 0 Å². The molecule has 3 aromatic carbocycles. The van der Waals surface area contributed by atoms with E-state index < -0.39 is 40.2 Å². The van der Waals surface area contributed by atoms with E-state index in [0.29, 0.717) is 6.54 Å². The molecular formula is C29H34FN3O5S. The van der Waals surface area contributed by atoms with Crippen LogP contribution in [-0.4, -0.2) is 51.4 Å². The predicted molar refractivity (Wildman–Crippen MR) is 148 cm³/mol. The number of sulfonamides is 1. The molecule has 0 aliphatic carbocycles. The van der Waals surface area contributed by atoms with Gasteiger partial charge in [-0.2, -0.15) is 0 Å². The number of benzene rings is 3. The normalized spacial score (nSPS) is 12.1. The second-order valence-corrected chi connectivity index (χ2v) is 11.3. The third-order valence-electron chi connectivity index (χ3n) is 6.11. The number of nitrogens with zero attached hydrogens (tertiary/aromatic N) is 2. The zero-order valence-electron chi connectivity index (χ0n) is 22.5. The lowest BCUT2D eigenvalue weighted by Crippen LogP contribution is -2.51. The summed E-state index contributed by atoms with van der Waals surface area (Å²) < 4.78 is 48.6. The first-order valence-electron chi connectivity index (χ1n) is 12.6. The quantitative estimate of drug-likeness (QED) is 0.361. The van der Waals surface area contributed by atoms with E-state index in [4.69, 9.17) is 4.74 Å². The number of anilines is 1. The molecule has 0 saturated heterocycles. The summed E-state index contributed by atoms with van der Waals surface area (Å²) >= 11 is 0. The Bertz CT molecular complexity index is 1380. The zero-order chi connectivity index (χ0) is 28.6. The minimum Gasteiger partial charge on any atom is -0.495 e. The van der Waals surface area contributed by atoms with E-state index in [1.54, 1.807) is 42.5 Å². The number of amides is 2. The fourth-order valence-corrected chi connectivity index (χ4v) is 5.36. The number of carbonyl (C=O) groups excluding carboxylic acids is 2. The van der Waals surface area contributed by atoms with Crippen molar-refractivity contribution in [3.8, 4) is 5.75 Å². The molecule has 0 aromatic heterocycles. The number of methoxy groups -OCH3 is 1. The summed E-state index contributed by atoms with van der Waals surface area (Å²) in [5, 5.41) is 2.80. The van der Waals surface area contributed by atoms with Crippen molar-refractivity contribution >= 4 is 27.5 Å². The lowest BCUT2D eigenvalue weighted by molar-refractivity contribution is -0.139. The van der Waals surface area contributed by atoms with Crippen LogP contribution in [0.5, 0.6) is 5.75 Å². The van der Waals surface area contributed by atoms with Gasteiger partial charge in [-0.25, -0.2) is 12.8 Å². The van der Waals surface area contributed by atoms with Crippen molar-refractivity contribution in [2.24, 2.45) is 5.92 Å². The molecule has 1 N–H and O–H groups in total. The molecule has 39 heavy (non-hydrogen) atoms. The van der Waals surface area contributed by atoms with Crippen LogP contribution < -0.4 is 14.4 Å². The Morgan fingerprint density at radius 1 is 0.923 bits per heavy atom. The van der Waals surface area contributed by atoms with Crippen LogP contribution in [-0.2, 0) is 26.2 Å². The number of hydrogen-bond acceptors (Lipinski definition) is 5. The van der Waals surface area contributed by atoms with Crippen molar-refractivity contribution in [3.05, 3.63) is 90.2 Å². The Morgan fingerprint density at radius 2 is 1.54 bits per heavy atom. The van der Waals surface area contributed by atoms with Gasteiger partial charge in [0.25, 0.3) is 10.0 Å². The van der Waals surface area contributed by atoms with Crippen LogP contribution in [0.1, 0.15) is 26.3 Å². The van der Waals surface area contributed by atoms with Crippen molar-refractivity contribution in [2.75, 3.05) is 24.5 Å².